The summed E-state index contributed by atoms with van der Waals surface area (Å²) in [6, 6.07) is 0. The average molecular weight is 296 g/mol. The molecule has 0 amide bonds. The van der Waals surface area contributed by atoms with Crippen LogP contribution in [0.5, 0.6) is 0 Å². The highest BCUT2D eigenvalue weighted by Crippen LogP contribution is 2.32. The van der Waals surface area contributed by atoms with Crippen LogP contribution in [0, 0.1) is 23.2 Å². The van der Waals surface area contributed by atoms with E-state index >= 15 is 0 Å². The van der Waals surface area contributed by atoms with Gasteiger partial charge in [-0.3, -0.25) is 0 Å². The highest BCUT2D eigenvalue weighted by atomic mass is 16.5. The van der Waals surface area contributed by atoms with Crippen LogP contribution in [-0.2, 0) is 4.74 Å². The van der Waals surface area contributed by atoms with Crippen molar-refractivity contribution in [2.75, 3.05) is 45.9 Å². The van der Waals surface area contributed by atoms with Crippen molar-refractivity contribution in [3.63, 3.8) is 0 Å². The molecule has 2 aliphatic rings. The molecule has 2 unspecified atom stereocenters. The molecule has 1 N–H and O–H groups in total. The fourth-order valence-corrected chi connectivity index (χ4v) is 3.88. The van der Waals surface area contributed by atoms with Crippen LogP contribution < -0.4 is 5.32 Å². The zero-order chi connectivity index (χ0) is 15.3. The molecule has 3 heteroatoms. The Bertz CT molecular complexity index is 298. The molecule has 2 fully saturated rings. The molecule has 2 atom stereocenters. The van der Waals surface area contributed by atoms with Gasteiger partial charge >= 0.3 is 0 Å². The second-order valence-corrected chi connectivity index (χ2v) is 8.21. The normalized spacial score (nSPS) is 31.4. The highest BCUT2D eigenvalue weighted by molar-refractivity contribution is 4.90. The molecule has 2 heterocycles. The summed E-state index contributed by atoms with van der Waals surface area (Å²) in [5.41, 5.74) is 0.346. The monoisotopic (exact) mass is 296 g/mol. The van der Waals surface area contributed by atoms with E-state index in [4.69, 9.17) is 4.74 Å². The standard InChI is InChI=1S/C18H36N2O/c1-15(2)10-19-12-18(7-5-9-21-14-18)13-20-8-6-17(11-20)16(3)4/h15-17,19H,5-14H2,1-4H3. The fourth-order valence-electron chi connectivity index (χ4n) is 3.88. The number of hydrogen-bond acceptors (Lipinski definition) is 3. The molecule has 0 bridgehead atoms. The summed E-state index contributed by atoms with van der Waals surface area (Å²) in [6.07, 6.45) is 3.93. The maximum atomic E-state index is 5.86. The van der Waals surface area contributed by atoms with Crippen LogP contribution in [-0.4, -0.2) is 50.8 Å². The van der Waals surface area contributed by atoms with E-state index in [2.05, 4.69) is 37.9 Å². The van der Waals surface area contributed by atoms with E-state index in [1.807, 2.05) is 0 Å². The molecule has 2 saturated heterocycles. The Hall–Kier alpha value is -0.120. The molecule has 3 nitrogen and oxygen atoms in total. The van der Waals surface area contributed by atoms with Gasteiger partial charge in [-0.2, -0.15) is 0 Å². The molecule has 2 rings (SSSR count). The highest BCUT2D eigenvalue weighted by Gasteiger charge is 2.37. The van der Waals surface area contributed by atoms with Gasteiger partial charge in [0, 0.05) is 31.7 Å². The first-order valence-corrected chi connectivity index (χ1v) is 9.01. The van der Waals surface area contributed by atoms with E-state index in [1.54, 1.807) is 0 Å². The van der Waals surface area contributed by atoms with Crippen molar-refractivity contribution >= 4 is 0 Å². The molecule has 0 aromatic carbocycles. The molecule has 2 aliphatic heterocycles. The van der Waals surface area contributed by atoms with Gasteiger partial charge in [0.1, 0.15) is 0 Å². The number of ether oxygens (including phenoxy) is 1. The van der Waals surface area contributed by atoms with E-state index in [0.29, 0.717) is 5.41 Å². The van der Waals surface area contributed by atoms with Crippen molar-refractivity contribution in [3.05, 3.63) is 0 Å². The number of rotatable bonds is 7. The molecule has 0 aromatic rings. The number of likely N-dealkylation sites (tertiary alicyclic amines) is 1. The maximum Gasteiger partial charge on any atom is 0.0546 e. The minimum atomic E-state index is 0.346. The van der Waals surface area contributed by atoms with Gasteiger partial charge in [0.15, 0.2) is 0 Å². The molecule has 21 heavy (non-hydrogen) atoms. The summed E-state index contributed by atoms with van der Waals surface area (Å²) in [5, 5.41) is 3.70. The summed E-state index contributed by atoms with van der Waals surface area (Å²) in [7, 11) is 0. The van der Waals surface area contributed by atoms with Gasteiger partial charge in [-0.05, 0) is 50.1 Å². The predicted molar refractivity (Wildman–Crippen MR) is 89.6 cm³/mol. The van der Waals surface area contributed by atoms with E-state index < -0.39 is 0 Å². The van der Waals surface area contributed by atoms with E-state index in [-0.39, 0.29) is 0 Å². The van der Waals surface area contributed by atoms with Crippen LogP contribution in [0.25, 0.3) is 0 Å². The third kappa shape index (κ3) is 5.22. The lowest BCUT2D eigenvalue weighted by molar-refractivity contribution is -0.0239. The lowest BCUT2D eigenvalue weighted by Crippen LogP contribution is -2.49. The third-order valence-corrected chi connectivity index (χ3v) is 5.27. The van der Waals surface area contributed by atoms with Crippen LogP contribution >= 0.6 is 0 Å². The van der Waals surface area contributed by atoms with Gasteiger partial charge in [0.2, 0.25) is 0 Å². The van der Waals surface area contributed by atoms with Gasteiger partial charge in [-0.15, -0.1) is 0 Å². The Kier molecular flexibility index (Phi) is 6.51. The lowest BCUT2D eigenvalue weighted by Gasteiger charge is -2.40. The maximum absolute atomic E-state index is 5.86. The van der Waals surface area contributed by atoms with Gasteiger partial charge in [-0.1, -0.05) is 27.7 Å². The fraction of sp³-hybridized carbons (Fsp3) is 1.00. The Balaban J connectivity index is 1.87. The first-order chi connectivity index (χ1) is 10.0. The zero-order valence-corrected chi connectivity index (χ0v) is 14.7. The van der Waals surface area contributed by atoms with Crippen LogP contribution in [0.4, 0.5) is 0 Å². The molecule has 0 saturated carbocycles. The van der Waals surface area contributed by atoms with Crippen LogP contribution in [0.15, 0.2) is 0 Å². The molecule has 0 radical (unpaired) electrons. The van der Waals surface area contributed by atoms with Crippen LogP contribution in [0.3, 0.4) is 0 Å². The first kappa shape index (κ1) is 17.2. The molecule has 0 spiro atoms. The van der Waals surface area contributed by atoms with Gasteiger partial charge in [0.05, 0.1) is 6.61 Å². The Morgan fingerprint density at radius 1 is 1.29 bits per heavy atom. The Labute approximate surface area is 131 Å². The zero-order valence-electron chi connectivity index (χ0n) is 14.7. The largest absolute Gasteiger partial charge is 0.381 e. The van der Waals surface area contributed by atoms with Crippen molar-refractivity contribution in [2.24, 2.45) is 23.2 Å². The van der Waals surface area contributed by atoms with E-state index in [1.165, 1.54) is 38.9 Å². The number of nitrogens with zero attached hydrogens (tertiary/aromatic N) is 1. The smallest absolute Gasteiger partial charge is 0.0546 e. The van der Waals surface area contributed by atoms with E-state index in [9.17, 15) is 0 Å². The SMILES string of the molecule is CC(C)CNCC1(CN2CCC(C(C)C)C2)CCCOC1. The summed E-state index contributed by atoms with van der Waals surface area (Å²) < 4.78 is 5.86. The second kappa shape index (κ2) is 7.94. The predicted octanol–water partition coefficient (Wildman–Crippen LogP) is 3.01. The van der Waals surface area contributed by atoms with Gasteiger partial charge < -0.3 is 15.0 Å². The van der Waals surface area contributed by atoms with Crippen molar-refractivity contribution in [3.8, 4) is 0 Å². The first-order valence-electron chi connectivity index (χ1n) is 9.01. The third-order valence-electron chi connectivity index (χ3n) is 5.27. The van der Waals surface area contributed by atoms with Crippen molar-refractivity contribution in [1.29, 1.82) is 0 Å². The molecule has 0 aliphatic carbocycles. The van der Waals surface area contributed by atoms with Gasteiger partial charge in [0.25, 0.3) is 0 Å². The van der Waals surface area contributed by atoms with Crippen molar-refractivity contribution in [2.45, 2.75) is 47.0 Å². The molecular weight excluding hydrogens is 260 g/mol. The number of nitrogens with one attached hydrogen (secondary N) is 1. The Morgan fingerprint density at radius 2 is 2.10 bits per heavy atom. The van der Waals surface area contributed by atoms with E-state index in [0.717, 1.165) is 44.1 Å². The summed E-state index contributed by atoms with van der Waals surface area (Å²) in [4.78, 5) is 2.70. The minimum absolute atomic E-state index is 0.346. The van der Waals surface area contributed by atoms with Gasteiger partial charge in [-0.25, -0.2) is 0 Å². The molecule has 124 valence electrons. The van der Waals surface area contributed by atoms with Crippen LogP contribution in [0.2, 0.25) is 0 Å². The summed E-state index contributed by atoms with van der Waals surface area (Å²) in [5.74, 6) is 2.45. The van der Waals surface area contributed by atoms with Crippen molar-refractivity contribution < 1.29 is 4.74 Å². The van der Waals surface area contributed by atoms with Crippen molar-refractivity contribution in [1.82, 2.24) is 10.2 Å². The topological polar surface area (TPSA) is 24.5 Å². The quantitative estimate of drug-likeness (QED) is 0.781. The summed E-state index contributed by atoms with van der Waals surface area (Å²) in [6.45, 7) is 17.3. The molecule has 0 aromatic heterocycles. The minimum Gasteiger partial charge on any atom is -0.381 e. The second-order valence-electron chi connectivity index (χ2n) is 8.21. The molecular formula is C18H36N2O. The lowest BCUT2D eigenvalue weighted by atomic mass is 9.81. The average Bonchev–Trinajstić information content (AvgIpc) is 2.88. The summed E-state index contributed by atoms with van der Waals surface area (Å²) >= 11 is 0. The number of hydrogen-bond donors (Lipinski definition) is 1. The van der Waals surface area contributed by atoms with Crippen LogP contribution in [0.1, 0.15) is 47.0 Å². The Morgan fingerprint density at radius 3 is 2.67 bits per heavy atom.